The van der Waals surface area contributed by atoms with Crippen molar-refractivity contribution in [2.24, 2.45) is 5.92 Å². The van der Waals surface area contributed by atoms with Crippen molar-refractivity contribution in [3.63, 3.8) is 0 Å². The molecule has 1 aliphatic rings. The van der Waals surface area contributed by atoms with E-state index >= 15 is 0 Å². The van der Waals surface area contributed by atoms with Gasteiger partial charge in [0.05, 0.1) is 0 Å². The summed E-state index contributed by atoms with van der Waals surface area (Å²) in [5.74, 6) is 0.833. The molecule has 1 unspecified atom stereocenters. The Bertz CT molecular complexity index is 105. The van der Waals surface area contributed by atoms with Crippen LogP contribution in [0.15, 0.2) is 11.8 Å². The van der Waals surface area contributed by atoms with Crippen LogP contribution in [0.3, 0.4) is 0 Å². The third-order valence-corrected chi connectivity index (χ3v) is 1.49. The molecule has 0 spiro atoms. The van der Waals surface area contributed by atoms with Crippen molar-refractivity contribution in [3.05, 3.63) is 11.8 Å². The molecule has 0 aliphatic carbocycles. The maximum Gasteiger partial charge on any atom is 0.0170 e. The maximum absolute atomic E-state index is 3.22. The number of nitrogens with one attached hydrogen (secondary N) is 1. The molecule has 0 aromatic carbocycles. The van der Waals surface area contributed by atoms with Crippen molar-refractivity contribution in [2.45, 2.75) is 20.3 Å². The number of allylic oxidation sites excluding steroid dienone is 1. The molecule has 0 aromatic heterocycles. The first-order chi connectivity index (χ1) is 3.79. The van der Waals surface area contributed by atoms with Gasteiger partial charge in [0.15, 0.2) is 0 Å². The molecule has 0 aromatic rings. The zero-order valence-corrected chi connectivity index (χ0v) is 5.57. The Balaban J connectivity index is 2.45. The van der Waals surface area contributed by atoms with Crippen molar-refractivity contribution in [3.8, 4) is 0 Å². The molecule has 0 amide bonds. The zero-order chi connectivity index (χ0) is 5.98. The molecule has 1 heterocycles. The van der Waals surface area contributed by atoms with E-state index in [0.717, 1.165) is 12.5 Å². The minimum absolute atomic E-state index is 0.833. The highest BCUT2D eigenvalue weighted by atomic mass is 14.8. The topological polar surface area (TPSA) is 12.0 Å². The Labute approximate surface area is 50.8 Å². The lowest BCUT2D eigenvalue weighted by Crippen LogP contribution is -2.20. The van der Waals surface area contributed by atoms with Gasteiger partial charge in [0.1, 0.15) is 0 Å². The second kappa shape index (κ2) is 2.21. The lowest BCUT2D eigenvalue weighted by molar-refractivity contribution is 0.522. The minimum Gasteiger partial charge on any atom is -0.391 e. The largest absolute Gasteiger partial charge is 0.391 e. The average Bonchev–Trinajstić information content (AvgIpc) is 1.64. The minimum atomic E-state index is 0.833. The van der Waals surface area contributed by atoms with E-state index in [1.165, 1.54) is 12.0 Å². The van der Waals surface area contributed by atoms with Gasteiger partial charge < -0.3 is 5.32 Å². The Morgan fingerprint density at radius 3 is 2.88 bits per heavy atom. The molecule has 0 fully saturated rings. The predicted molar refractivity (Wildman–Crippen MR) is 35.5 cm³/mol. The van der Waals surface area contributed by atoms with Crippen LogP contribution in [0.2, 0.25) is 0 Å². The van der Waals surface area contributed by atoms with E-state index in [9.17, 15) is 0 Å². The van der Waals surface area contributed by atoms with Crippen molar-refractivity contribution in [2.75, 3.05) is 6.54 Å². The molecule has 1 heteroatoms. The molecule has 0 radical (unpaired) electrons. The summed E-state index contributed by atoms with van der Waals surface area (Å²) in [6.45, 7) is 5.59. The Hall–Kier alpha value is -0.460. The van der Waals surface area contributed by atoms with E-state index in [0.29, 0.717) is 0 Å². The Morgan fingerprint density at radius 1 is 1.75 bits per heavy atom. The third kappa shape index (κ3) is 1.25. The lowest BCUT2D eigenvalue weighted by Gasteiger charge is -2.17. The van der Waals surface area contributed by atoms with Crippen LogP contribution < -0.4 is 5.32 Å². The highest BCUT2D eigenvalue weighted by molar-refractivity contribution is 5.01. The summed E-state index contributed by atoms with van der Waals surface area (Å²) >= 11 is 0. The van der Waals surface area contributed by atoms with Crippen LogP contribution in [0.5, 0.6) is 0 Å². The molecule has 8 heavy (non-hydrogen) atoms. The number of rotatable bonds is 0. The third-order valence-electron chi connectivity index (χ3n) is 1.49. The van der Waals surface area contributed by atoms with Crippen LogP contribution in [0.1, 0.15) is 20.3 Å². The second-order valence-electron chi connectivity index (χ2n) is 2.71. The van der Waals surface area contributed by atoms with Gasteiger partial charge in [0.25, 0.3) is 0 Å². The van der Waals surface area contributed by atoms with Gasteiger partial charge in [0.2, 0.25) is 0 Å². The van der Waals surface area contributed by atoms with Gasteiger partial charge in [0, 0.05) is 6.54 Å². The number of hydrogen-bond donors (Lipinski definition) is 1. The van der Waals surface area contributed by atoms with Gasteiger partial charge in [-0.05, 0) is 25.5 Å². The van der Waals surface area contributed by atoms with Crippen molar-refractivity contribution in [1.29, 1.82) is 0 Å². The molecule has 1 aliphatic heterocycles. The zero-order valence-electron chi connectivity index (χ0n) is 5.57. The highest BCUT2D eigenvalue weighted by Gasteiger charge is 2.05. The molecule has 1 N–H and O–H groups in total. The quantitative estimate of drug-likeness (QED) is 0.499. The van der Waals surface area contributed by atoms with Crippen LogP contribution in [0.4, 0.5) is 0 Å². The van der Waals surface area contributed by atoms with Crippen LogP contribution in [-0.2, 0) is 0 Å². The number of hydrogen-bond acceptors (Lipinski definition) is 1. The summed E-state index contributed by atoms with van der Waals surface area (Å²) in [6.07, 6.45) is 3.38. The van der Waals surface area contributed by atoms with Gasteiger partial charge in [-0.15, -0.1) is 0 Å². The summed E-state index contributed by atoms with van der Waals surface area (Å²) in [7, 11) is 0. The van der Waals surface area contributed by atoms with Gasteiger partial charge in [-0.25, -0.2) is 0 Å². The van der Waals surface area contributed by atoms with Gasteiger partial charge in [-0.1, -0.05) is 12.5 Å². The fourth-order valence-corrected chi connectivity index (χ4v) is 1.12. The summed E-state index contributed by atoms with van der Waals surface area (Å²) in [6, 6.07) is 0. The summed E-state index contributed by atoms with van der Waals surface area (Å²) < 4.78 is 0. The maximum atomic E-state index is 3.22. The first-order valence-corrected chi connectivity index (χ1v) is 3.18. The van der Waals surface area contributed by atoms with E-state index in [-0.39, 0.29) is 0 Å². The SMILES string of the molecule is CC1=CNCC(C)C1. The van der Waals surface area contributed by atoms with Crippen LogP contribution in [0.25, 0.3) is 0 Å². The van der Waals surface area contributed by atoms with Crippen molar-refractivity contribution < 1.29 is 0 Å². The summed E-state index contributed by atoms with van der Waals surface area (Å²) in [5.41, 5.74) is 1.48. The van der Waals surface area contributed by atoms with Crippen LogP contribution >= 0.6 is 0 Å². The van der Waals surface area contributed by atoms with Crippen LogP contribution in [-0.4, -0.2) is 6.54 Å². The molecule has 0 saturated heterocycles. The first-order valence-electron chi connectivity index (χ1n) is 3.18. The van der Waals surface area contributed by atoms with Crippen molar-refractivity contribution in [1.82, 2.24) is 5.32 Å². The Morgan fingerprint density at radius 2 is 2.50 bits per heavy atom. The van der Waals surface area contributed by atoms with E-state index in [1.807, 2.05) is 0 Å². The van der Waals surface area contributed by atoms with Crippen LogP contribution in [0, 0.1) is 5.92 Å². The second-order valence-corrected chi connectivity index (χ2v) is 2.71. The van der Waals surface area contributed by atoms with E-state index in [1.54, 1.807) is 0 Å². The van der Waals surface area contributed by atoms with Gasteiger partial charge in [-0.2, -0.15) is 0 Å². The standard InChI is InChI=1S/C7H13N/c1-6-3-7(2)5-8-4-6/h4,7-8H,3,5H2,1-2H3. The fourth-order valence-electron chi connectivity index (χ4n) is 1.12. The fraction of sp³-hybridized carbons (Fsp3) is 0.714. The lowest BCUT2D eigenvalue weighted by atomic mass is 10.0. The molecule has 1 rings (SSSR count). The monoisotopic (exact) mass is 111 g/mol. The molecule has 46 valence electrons. The van der Waals surface area contributed by atoms with Crippen molar-refractivity contribution >= 4 is 0 Å². The van der Waals surface area contributed by atoms with E-state index in [4.69, 9.17) is 0 Å². The summed E-state index contributed by atoms with van der Waals surface area (Å²) in [4.78, 5) is 0. The molecular weight excluding hydrogens is 98.1 g/mol. The van der Waals surface area contributed by atoms with Gasteiger partial charge in [-0.3, -0.25) is 0 Å². The van der Waals surface area contributed by atoms with Gasteiger partial charge >= 0.3 is 0 Å². The highest BCUT2D eigenvalue weighted by Crippen LogP contribution is 2.12. The Kier molecular flexibility index (Phi) is 1.56. The van der Waals surface area contributed by atoms with E-state index < -0.39 is 0 Å². The summed E-state index contributed by atoms with van der Waals surface area (Å²) in [5, 5.41) is 3.22. The molecule has 1 nitrogen and oxygen atoms in total. The van der Waals surface area contributed by atoms with E-state index in [2.05, 4.69) is 25.4 Å². The smallest absolute Gasteiger partial charge is 0.0170 e. The molecule has 0 bridgehead atoms. The predicted octanol–water partition coefficient (Wildman–Crippen LogP) is 1.52. The molecule has 1 atom stereocenters. The first kappa shape index (κ1) is 5.67. The average molecular weight is 111 g/mol. The molecular formula is C7H13N. The molecule has 0 saturated carbocycles. The normalized spacial score (nSPS) is 28.8.